The van der Waals surface area contributed by atoms with Crippen LogP contribution in [0.3, 0.4) is 0 Å². The third-order valence-corrected chi connectivity index (χ3v) is 6.95. The molecule has 1 saturated heterocycles. The number of amides is 1. The molecule has 0 aromatic heterocycles. The second-order valence-corrected chi connectivity index (χ2v) is 9.42. The van der Waals surface area contributed by atoms with Crippen molar-refractivity contribution in [2.45, 2.75) is 37.5 Å². The van der Waals surface area contributed by atoms with Gasteiger partial charge in [0.15, 0.2) is 0 Å². The molecule has 1 aliphatic heterocycles. The standard InChI is InChI=1S/C22H28N2O4S/c1-17(2)19-6-3-18(4-7-19)5-12-22(25)23-20-8-10-21(11-9-20)29(26,27)24-13-15-28-16-14-24/h3-4,6-11,17H,5,12-16H2,1-2H3,(H,23,25). The first-order valence-corrected chi connectivity index (χ1v) is 11.4. The average molecular weight is 417 g/mol. The normalized spacial score (nSPS) is 15.4. The van der Waals surface area contributed by atoms with Crippen LogP contribution in [0, 0.1) is 0 Å². The molecule has 0 atom stereocenters. The highest BCUT2D eigenvalue weighted by molar-refractivity contribution is 7.89. The molecule has 0 spiro atoms. The van der Waals surface area contributed by atoms with Crippen LogP contribution in [-0.4, -0.2) is 44.9 Å². The van der Waals surface area contributed by atoms with E-state index >= 15 is 0 Å². The van der Waals surface area contributed by atoms with Gasteiger partial charge >= 0.3 is 0 Å². The molecule has 156 valence electrons. The van der Waals surface area contributed by atoms with E-state index in [1.54, 1.807) is 12.1 Å². The van der Waals surface area contributed by atoms with Crippen molar-refractivity contribution in [2.75, 3.05) is 31.6 Å². The van der Waals surface area contributed by atoms with E-state index in [2.05, 4.69) is 43.4 Å². The predicted molar refractivity (Wildman–Crippen MR) is 114 cm³/mol. The predicted octanol–water partition coefficient (Wildman–Crippen LogP) is 3.40. The Morgan fingerprint density at radius 1 is 1.03 bits per heavy atom. The Hall–Kier alpha value is -2.22. The second-order valence-electron chi connectivity index (χ2n) is 7.49. The van der Waals surface area contributed by atoms with Crippen LogP contribution in [0.4, 0.5) is 5.69 Å². The Morgan fingerprint density at radius 2 is 1.66 bits per heavy atom. The Labute approximate surface area is 172 Å². The maximum atomic E-state index is 12.6. The Kier molecular flexibility index (Phi) is 7.05. The summed E-state index contributed by atoms with van der Waals surface area (Å²) in [5.41, 5.74) is 2.99. The van der Waals surface area contributed by atoms with Crippen molar-refractivity contribution in [2.24, 2.45) is 0 Å². The molecular formula is C22H28N2O4S. The van der Waals surface area contributed by atoms with Crippen molar-refractivity contribution in [1.82, 2.24) is 4.31 Å². The van der Waals surface area contributed by atoms with Crippen LogP contribution in [0.25, 0.3) is 0 Å². The highest BCUT2D eigenvalue weighted by Gasteiger charge is 2.26. The number of carbonyl (C=O) groups is 1. The summed E-state index contributed by atoms with van der Waals surface area (Å²) in [7, 11) is -3.52. The lowest BCUT2D eigenvalue weighted by atomic mass is 10.0. The van der Waals surface area contributed by atoms with E-state index in [4.69, 9.17) is 4.74 Å². The molecule has 0 saturated carbocycles. The van der Waals surface area contributed by atoms with Gasteiger partial charge in [0.1, 0.15) is 0 Å². The van der Waals surface area contributed by atoms with Crippen molar-refractivity contribution in [3.05, 3.63) is 59.7 Å². The number of rotatable bonds is 7. The molecule has 1 aliphatic rings. The number of nitrogens with one attached hydrogen (secondary N) is 1. The van der Waals surface area contributed by atoms with Gasteiger partial charge in [-0.15, -0.1) is 0 Å². The highest BCUT2D eigenvalue weighted by atomic mass is 32.2. The first-order chi connectivity index (χ1) is 13.9. The van der Waals surface area contributed by atoms with Gasteiger partial charge in [0.05, 0.1) is 18.1 Å². The van der Waals surface area contributed by atoms with Gasteiger partial charge in [0.2, 0.25) is 15.9 Å². The Balaban J connectivity index is 1.54. The molecule has 0 radical (unpaired) electrons. The number of sulfonamides is 1. The van der Waals surface area contributed by atoms with Crippen LogP contribution in [0.15, 0.2) is 53.4 Å². The zero-order valence-corrected chi connectivity index (χ0v) is 17.7. The molecular weight excluding hydrogens is 388 g/mol. The maximum Gasteiger partial charge on any atom is 0.243 e. The molecule has 1 amide bonds. The van der Waals surface area contributed by atoms with E-state index in [1.807, 2.05) is 0 Å². The van der Waals surface area contributed by atoms with Crippen LogP contribution in [0.2, 0.25) is 0 Å². The van der Waals surface area contributed by atoms with Gasteiger partial charge in [-0.25, -0.2) is 8.42 Å². The Bertz CT molecular complexity index is 916. The third-order valence-electron chi connectivity index (χ3n) is 5.03. The van der Waals surface area contributed by atoms with Crippen molar-refractivity contribution < 1.29 is 17.9 Å². The minimum Gasteiger partial charge on any atom is -0.379 e. The van der Waals surface area contributed by atoms with E-state index in [-0.39, 0.29) is 10.8 Å². The zero-order valence-electron chi connectivity index (χ0n) is 16.9. The number of nitrogens with zero attached hydrogens (tertiary/aromatic N) is 1. The van der Waals surface area contributed by atoms with Crippen LogP contribution in [-0.2, 0) is 26.0 Å². The van der Waals surface area contributed by atoms with Gasteiger partial charge in [0, 0.05) is 25.2 Å². The number of ether oxygens (including phenoxy) is 1. The van der Waals surface area contributed by atoms with Crippen molar-refractivity contribution in [1.29, 1.82) is 0 Å². The van der Waals surface area contributed by atoms with E-state index < -0.39 is 10.0 Å². The summed E-state index contributed by atoms with van der Waals surface area (Å²) in [4.78, 5) is 12.5. The van der Waals surface area contributed by atoms with E-state index in [0.29, 0.717) is 50.8 Å². The van der Waals surface area contributed by atoms with E-state index in [0.717, 1.165) is 5.56 Å². The quantitative estimate of drug-likeness (QED) is 0.751. The minimum absolute atomic E-state index is 0.0956. The number of benzene rings is 2. The van der Waals surface area contributed by atoms with Crippen LogP contribution >= 0.6 is 0 Å². The molecule has 1 N–H and O–H groups in total. The number of morpholine rings is 1. The lowest BCUT2D eigenvalue weighted by molar-refractivity contribution is -0.116. The fourth-order valence-electron chi connectivity index (χ4n) is 3.20. The molecule has 2 aromatic rings. The largest absolute Gasteiger partial charge is 0.379 e. The minimum atomic E-state index is -3.52. The number of hydrogen-bond acceptors (Lipinski definition) is 4. The summed E-state index contributed by atoms with van der Waals surface area (Å²) in [5, 5.41) is 2.83. The summed E-state index contributed by atoms with van der Waals surface area (Å²) in [6.45, 7) is 5.85. The molecule has 29 heavy (non-hydrogen) atoms. The number of hydrogen-bond donors (Lipinski definition) is 1. The number of anilines is 1. The molecule has 1 fully saturated rings. The van der Waals surface area contributed by atoms with Gasteiger partial charge in [-0.3, -0.25) is 4.79 Å². The first-order valence-electron chi connectivity index (χ1n) is 9.93. The molecule has 0 aliphatic carbocycles. The van der Waals surface area contributed by atoms with Crippen molar-refractivity contribution >= 4 is 21.6 Å². The first kappa shape index (κ1) is 21.5. The van der Waals surface area contributed by atoms with Crippen LogP contribution in [0.1, 0.15) is 37.3 Å². The molecule has 2 aromatic carbocycles. The van der Waals surface area contributed by atoms with Crippen molar-refractivity contribution in [3.63, 3.8) is 0 Å². The SMILES string of the molecule is CC(C)c1ccc(CCC(=O)Nc2ccc(S(=O)(=O)N3CCOCC3)cc2)cc1. The molecule has 6 nitrogen and oxygen atoms in total. The average Bonchev–Trinajstić information content (AvgIpc) is 2.73. The summed E-state index contributed by atoms with van der Waals surface area (Å²) in [6.07, 6.45) is 1.03. The number of carbonyl (C=O) groups excluding carboxylic acids is 1. The van der Waals surface area contributed by atoms with E-state index in [9.17, 15) is 13.2 Å². The highest BCUT2D eigenvalue weighted by Crippen LogP contribution is 2.20. The lowest BCUT2D eigenvalue weighted by Crippen LogP contribution is -2.40. The summed E-state index contributed by atoms with van der Waals surface area (Å²) in [6, 6.07) is 14.7. The number of aryl methyl sites for hydroxylation is 1. The maximum absolute atomic E-state index is 12.6. The van der Waals surface area contributed by atoms with Gasteiger partial charge in [-0.05, 0) is 47.7 Å². The topological polar surface area (TPSA) is 75.7 Å². The molecule has 0 bridgehead atoms. The molecule has 1 heterocycles. The molecule has 0 unspecified atom stereocenters. The fourth-order valence-corrected chi connectivity index (χ4v) is 4.60. The van der Waals surface area contributed by atoms with Crippen molar-refractivity contribution in [3.8, 4) is 0 Å². The van der Waals surface area contributed by atoms with Gasteiger partial charge in [-0.2, -0.15) is 4.31 Å². The van der Waals surface area contributed by atoms with Crippen LogP contribution < -0.4 is 5.32 Å². The summed E-state index contributed by atoms with van der Waals surface area (Å²) in [5.74, 6) is 0.393. The summed E-state index contributed by atoms with van der Waals surface area (Å²) >= 11 is 0. The Morgan fingerprint density at radius 3 is 2.24 bits per heavy atom. The third kappa shape index (κ3) is 5.65. The second kappa shape index (κ2) is 9.52. The fraction of sp³-hybridized carbons (Fsp3) is 0.409. The van der Waals surface area contributed by atoms with Gasteiger partial charge < -0.3 is 10.1 Å². The summed E-state index contributed by atoms with van der Waals surface area (Å²) < 4.78 is 31.9. The molecule has 7 heteroatoms. The lowest BCUT2D eigenvalue weighted by Gasteiger charge is -2.26. The zero-order chi connectivity index (χ0) is 20.9. The van der Waals surface area contributed by atoms with Gasteiger partial charge in [-0.1, -0.05) is 38.1 Å². The molecule has 3 rings (SSSR count). The van der Waals surface area contributed by atoms with E-state index in [1.165, 1.54) is 22.0 Å². The van der Waals surface area contributed by atoms with Gasteiger partial charge in [0.25, 0.3) is 0 Å². The van der Waals surface area contributed by atoms with Crippen LogP contribution in [0.5, 0.6) is 0 Å². The monoisotopic (exact) mass is 416 g/mol. The smallest absolute Gasteiger partial charge is 0.243 e.